The molecule has 5 rings (SSSR count). The van der Waals surface area contributed by atoms with E-state index in [-0.39, 0.29) is 56.4 Å². The predicted octanol–water partition coefficient (Wildman–Crippen LogP) is -2.84. The number of ketones is 1. The van der Waals surface area contributed by atoms with Crippen LogP contribution >= 0.6 is 0 Å². The number of carbonyl (C=O) groups is 3. The summed E-state index contributed by atoms with van der Waals surface area (Å²) in [6.45, 7) is 0.231. The molecule has 2 amide bonds. The Morgan fingerprint density at radius 2 is 1.66 bits per heavy atom. The molecule has 1 saturated heterocycles. The quantitative estimate of drug-likeness (QED) is 0.0895. The van der Waals surface area contributed by atoms with Gasteiger partial charge in [0.1, 0.15) is 12.6 Å². The van der Waals surface area contributed by atoms with Gasteiger partial charge in [0.05, 0.1) is 13.2 Å². The molecule has 15 heteroatoms. The second-order valence-corrected chi connectivity index (χ2v) is 9.97. The second kappa shape index (κ2) is 10.7. The van der Waals surface area contributed by atoms with E-state index in [2.05, 4.69) is 26.3 Å². The van der Waals surface area contributed by atoms with Gasteiger partial charge in [0.15, 0.2) is 17.8 Å². The predicted molar refractivity (Wildman–Crippen MR) is 145 cm³/mol. The van der Waals surface area contributed by atoms with Crippen LogP contribution in [0.2, 0.25) is 0 Å². The highest BCUT2D eigenvalue weighted by molar-refractivity contribution is 6.09. The van der Waals surface area contributed by atoms with Crippen molar-refractivity contribution in [3.05, 3.63) is 70.8 Å². The minimum Gasteiger partial charge on any atom is -0.446 e. The highest BCUT2D eigenvalue weighted by Gasteiger charge is 2.71. The third-order valence-electron chi connectivity index (χ3n) is 7.47. The van der Waals surface area contributed by atoms with Gasteiger partial charge in [0.25, 0.3) is 5.91 Å². The number of aliphatic imine (C=N–C) groups is 1. The number of alkyl carbamates (subject to hydrolysis) is 1. The van der Waals surface area contributed by atoms with Crippen molar-refractivity contribution in [3.8, 4) is 0 Å². The molecule has 216 valence electrons. The van der Waals surface area contributed by atoms with E-state index in [1.807, 2.05) is 0 Å². The molecule has 15 nitrogen and oxygen atoms in total. The van der Waals surface area contributed by atoms with Crippen LogP contribution in [-0.4, -0.2) is 87.8 Å². The number of amides is 2. The summed E-state index contributed by atoms with van der Waals surface area (Å²) in [5, 5.41) is 32.5. The van der Waals surface area contributed by atoms with Gasteiger partial charge in [0.2, 0.25) is 11.4 Å². The zero-order valence-electron chi connectivity index (χ0n) is 22.0. The monoisotopic (exact) mass is 566 g/mol. The zero-order chi connectivity index (χ0) is 29.4. The Morgan fingerprint density at radius 1 is 1.02 bits per heavy atom. The normalized spacial score (nSPS) is 23.8. The van der Waals surface area contributed by atoms with Crippen LogP contribution in [0.4, 0.5) is 4.79 Å². The standard InChI is InChI=1S/C26H31N9O6/c27-13-31-21(37)17-7-5-16(6-8-17)19(36)15-3-1-14(2-4-15)11-30-24(38)41-12-18-20-26(34-22(28)33-20)25(39,40)9-10-35(26)23(29)32-18/h1-8,18,20,39-40H,9-13,27H2,(H7,28,29,30,31,32,33,34,37,38)/p+1/t18?,20-,26-/m0/s1. The molecule has 0 aromatic heterocycles. The number of carbonyl (C=O) groups excluding carboxylic acids is 3. The summed E-state index contributed by atoms with van der Waals surface area (Å²) in [6, 6.07) is 11.5. The molecule has 1 spiro atoms. The van der Waals surface area contributed by atoms with Crippen molar-refractivity contribution < 1.29 is 33.9 Å². The van der Waals surface area contributed by atoms with Crippen molar-refractivity contribution in [1.82, 2.24) is 21.3 Å². The van der Waals surface area contributed by atoms with Crippen LogP contribution in [0, 0.1) is 0 Å². The molecule has 2 aromatic rings. The first-order chi connectivity index (χ1) is 19.6. The van der Waals surface area contributed by atoms with E-state index in [1.165, 1.54) is 0 Å². The number of guanidine groups is 2. The smallest absolute Gasteiger partial charge is 0.407 e. The molecule has 1 fully saturated rings. The summed E-state index contributed by atoms with van der Waals surface area (Å²) in [5.74, 6) is -2.51. The Hall–Kier alpha value is -4.73. The molecule has 0 bridgehead atoms. The lowest BCUT2D eigenvalue weighted by Crippen LogP contribution is -2.77. The lowest BCUT2D eigenvalue weighted by molar-refractivity contribution is -0.623. The molecule has 3 aliphatic rings. The molecule has 3 aliphatic heterocycles. The minimum absolute atomic E-state index is 0.0143. The van der Waals surface area contributed by atoms with Gasteiger partial charge in [-0.05, 0) is 17.7 Å². The molecule has 0 radical (unpaired) electrons. The average molecular weight is 567 g/mol. The van der Waals surface area contributed by atoms with E-state index in [1.54, 1.807) is 53.1 Å². The Labute approximate surface area is 234 Å². The molecule has 2 aromatic carbocycles. The summed E-state index contributed by atoms with van der Waals surface area (Å²) in [4.78, 5) is 41.4. The first-order valence-electron chi connectivity index (χ1n) is 12.9. The number of rotatable bonds is 8. The Morgan fingerprint density at radius 3 is 2.32 bits per heavy atom. The highest BCUT2D eigenvalue weighted by atomic mass is 16.5. The van der Waals surface area contributed by atoms with Crippen molar-refractivity contribution in [1.29, 1.82) is 0 Å². The number of hydrogen-bond acceptors (Lipinski definition) is 12. The summed E-state index contributed by atoms with van der Waals surface area (Å²) in [5.41, 5.74) is 17.9. The van der Waals surface area contributed by atoms with E-state index in [0.29, 0.717) is 16.7 Å². The fraction of sp³-hybridized carbons (Fsp3) is 0.346. The molecule has 12 N–H and O–H groups in total. The Kier molecular flexibility index (Phi) is 7.25. The molecule has 0 aliphatic carbocycles. The van der Waals surface area contributed by atoms with Crippen molar-refractivity contribution in [2.24, 2.45) is 22.2 Å². The summed E-state index contributed by atoms with van der Waals surface area (Å²) < 4.78 is 6.95. The summed E-state index contributed by atoms with van der Waals surface area (Å²) in [7, 11) is 0. The summed E-state index contributed by atoms with van der Waals surface area (Å²) >= 11 is 0. The number of ether oxygens (including phenoxy) is 1. The van der Waals surface area contributed by atoms with Crippen LogP contribution in [0.15, 0.2) is 53.5 Å². The van der Waals surface area contributed by atoms with Gasteiger partial charge in [-0.3, -0.25) is 20.6 Å². The minimum atomic E-state index is -2.17. The van der Waals surface area contributed by atoms with E-state index < -0.39 is 29.6 Å². The molecule has 0 saturated carbocycles. The first kappa shape index (κ1) is 27.8. The maximum atomic E-state index is 12.8. The first-order valence-corrected chi connectivity index (χ1v) is 12.9. The topological polar surface area (TPSA) is 242 Å². The van der Waals surface area contributed by atoms with Crippen molar-refractivity contribution in [2.75, 3.05) is 19.8 Å². The summed E-state index contributed by atoms with van der Waals surface area (Å²) in [6.07, 6.45) is -0.699. The number of nitrogens with one attached hydrogen (secondary N) is 4. The second-order valence-electron chi connectivity index (χ2n) is 9.97. The maximum absolute atomic E-state index is 12.8. The lowest BCUT2D eigenvalue weighted by Gasteiger charge is -2.42. The maximum Gasteiger partial charge on any atom is 0.407 e. The SMILES string of the molecule is NCNC(=O)c1ccc(C(=O)c2ccc(CNC(=O)OCC3NC(N)=[N+]4CCC(O)(O)[C@@]45NC(N)=N[C@@H]35)cc2)cc1. The number of aliphatic hydroxyl groups is 2. The van der Waals surface area contributed by atoms with Crippen molar-refractivity contribution in [3.63, 3.8) is 0 Å². The van der Waals surface area contributed by atoms with Crippen LogP contribution in [0.3, 0.4) is 0 Å². The molecule has 41 heavy (non-hydrogen) atoms. The Bertz CT molecular complexity index is 1420. The van der Waals surface area contributed by atoms with E-state index in [9.17, 15) is 24.6 Å². The lowest BCUT2D eigenvalue weighted by atomic mass is 9.87. The third-order valence-corrected chi connectivity index (χ3v) is 7.47. The largest absolute Gasteiger partial charge is 0.446 e. The van der Waals surface area contributed by atoms with Gasteiger partial charge >= 0.3 is 12.1 Å². The van der Waals surface area contributed by atoms with Gasteiger partial charge in [0, 0.05) is 29.7 Å². The van der Waals surface area contributed by atoms with Gasteiger partial charge in [-0.1, -0.05) is 36.4 Å². The van der Waals surface area contributed by atoms with Gasteiger partial charge in [-0.15, -0.1) is 0 Å². The highest BCUT2D eigenvalue weighted by Crippen LogP contribution is 2.41. The van der Waals surface area contributed by atoms with Gasteiger partial charge < -0.3 is 42.4 Å². The molecular formula is C26H32N9O6+. The van der Waals surface area contributed by atoms with E-state index in [0.717, 1.165) is 5.56 Å². The van der Waals surface area contributed by atoms with Crippen molar-refractivity contribution >= 4 is 29.7 Å². The van der Waals surface area contributed by atoms with Gasteiger partial charge in [-0.2, -0.15) is 0 Å². The number of nitrogens with zero attached hydrogens (tertiary/aromatic N) is 2. The number of nitrogens with two attached hydrogens (primary N) is 3. The van der Waals surface area contributed by atoms with Crippen LogP contribution in [0.25, 0.3) is 0 Å². The molecular weight excluding hydrogens is 534 g/mol. The van der Waals surface area contributed by atoms with Crippen LogP contribution in [-0.2, 0) is 11.3 Å². The zero-order valence-corrected chi connectivity index (χ0v) is 22.0. The number of hydrogen-bond donors (Lipinski definition) is 9. The average Bonchev–Trinajstić information content (AvgIpc) is 3.46. The molecule has 1 unspecified atom stereocenters. The van der Waals surface area contributed by atoms with Gasteiger partial charge in [-0.25, -0.2) is 14.4 Å². The Balaban J connectivity index is 1.15. The van der Waals surface area contributed by atoms with Crippen LogP contribution in [0.5, 0.6) is 0 Å². The fourth-order valence-corrected chi connectivity index (χ4v) is 5.43. The number of benzene rings is 2. The molecule has 3 heterocycles. The third kappa shape index (κ3) is 5.01. The van der Waals surface area contributed by atoms with E-state index in [4.69, 9.17) is 21.9 Å². The van der Waals surface area contributed by atoms with Crippen molar-refractivity contribution in [2.45, 2.75) is 36.5 Å². The fourth-order valence-electron chi connectivity index (χ4n) is 5.43. The van der Waals surface area contributed by atoms with E-state index >= 15 is 0 Å². The molecule has 3 atom stereocenters. The van der Waals surface area contributed by atoms with Crippen LogP contribution < -0.4 is 38.5 Å². The van der Waals surface area contributed by atoms with Crippen LogP contribution in [0.1, 0.15) is 38.3 Å².